The average Bonchev–Trinajstić information content (AvgIpc) is 2.34. The number of nitrogens with zero attached hydrogens (tertiary/aromatic N) is 1. The smallest absolute Gasteiger partial charge is 0.387 e. The highest BCUT2D eigenvalue weighted by Crippen LogP contribution is 2.21. The molecule has 0 saturated heterocycles. The number of aliphatic hydroxyl groups excluding tert-OH is 1. The van der Waals surface area contributed by atoms with E-state index in [1.54, 1.807) is 0 Å². The molecule has 1 N–H and O–H groups in total. The predicted molar refractivity (Wildman–Crippen MR) is 72.7 cm³/mol. The van der Waals surface area contributed by atoms with E-state index in [2.05, 4.69) is 0 Å². The summed E-state index contributed by atoms with van der Waals surface area (Å²) in [6, 6.07) is 5.64. The molecule has 1 rings (SSSR count). The summed E-state index contributed by atoms with van der Waals surface area (Å²) < 4.78 is 58.8. The van der Waals surface area contributed by atoms with Crippen LogP contribution in [0.1, 0.15) is 18.1 Å². The molecule has 0 fully saturated rings. The number of sulfone groups is 1. The first-order valence-corrected chi connectivity index (χ1v) is 8.11. The molecule has 120 valence electrons. The van der Waals surface area contributed by atoms with Gasteiger partial charge in [0.1, 0.15) is 0 Å². The van der Waals surface area contributed by atoms with E-state index in [-0.39, 0.29) is 18.0 Å². The number of likely N-dealkylation sites (N-methyl/N-ethyl adjacent to an activating group) is 1. The van der Waals surface area contributed by atoms with Crippen molar-refractivity contribution in [2.45, 2.75) is 23.6 Å². The summed E-state index contributed by atoms with van der Waals surface area (Å²) in [6.45, 7) is -0.170. The fraction of sp³-hybridized carbons (Fsp3) is 0.538. The van der Waals surface area contributed by atoms with Gasteiger partial charge in [-0.15, -0.1) is 0 Å². The summed E-state index contributed by atoms with van der Waals surface area (Å²) in [7, 11) is -1.82. The maximum absolute atomic E-state index is 12.1. The van der Waals surface area contributed by atoms with Crippen LogP contribution in [0.5, 0.6) is 0 Å². The van der Waals surface area contributed by atoms with Crippen LogP contribution in [0.15, 0.2) is 29.2 Å². The molecule has 1 atom stereocenters. The largest absolute Gasteiger partial charge is 0.390 e. The lowest BCUT2D eigenvalue weighted by Crippen LogP contribution is -2.28. The van der Waals surface area contributed by atoms with Crippen molar-refractivity contribution in [3.05, 3.63) is 29.8 Å². The van der Waals surface area contributed by atoms with Gasteiger partial charge in [0.2, 0.25) is 0 Å². The van der Waals surface area contributed by atoms with Crippen LogP contribution in [-0.4, -0.2) is 51.0 Å². The maximum Gasteiger partial charge on any atom is 0.390 e. The highest BCUT2D eigenvalue weighted by atomic mass is 32.2. The van der Waals surface area contributed by atoms with Crippen molar-refractivity contribution < 1.29 is 26.7 Å². The van der Waals surface area contributed by atoms with Gasteiger partial charge in [0.05, 0.1) is 17.4 Å². The summed E-state index contributed by atoms with van der Waals surface area (Å²) in [5, 5.41) is 9.94. The van der Waals surface area contributed by atoms with E-state index < -0.39 is 28.5 Å². The molecule has 0 aliphatic carbocycles. The van der Waals surface area contributed by atoms with E-state index in [0.717, 1.165) is 6.26 Å². The quantitative estimate of drug-likeness (QED) is 0.869. The Balaban J connectivity index is 2.61. The third-order valence-corrected chi connectivity index (χ3v) is 4.08. The number of rotatable bonds is 6. The molecule has 0 radical (unpaired) electrons. The Bertz CT molecular complexity index is 555. The molecule has 21 heavy (non-hydrogen) atoms. The average molecular weight is 325 g/mol. The minimum atomic E-state index is -4.23. The zero-order valence-electron chi connectivity index (χ0n) is 11.8. The van der Waals surface area contributed by atoms with Crippen molar-refractivity contribution in [1.82, 2.24) is 4.90 Å². The van der Waals surface area contributed by atoms with Gasteiger partial charge in [-0.1, -0.05) is 12.1 Å². The predicted octanol–water partition coefficient (Wildman–Crippen LogP) is 2.01. The van der Waals surface area contributed by atoms with E-state index >= 15 is 0 Å². The van der Waals surface area contributed by atoms with Crippen LogP contribution < -0.4 is 0 Å². The summed E-state index contributed by atoms with van der Waals surface area (Å²) >= 11 is 0. The lowest BCUT2D eigenvalue weighted by atomic mass is 10.1. The number of halogens is 3. The van der Waals surface area contributed by atoms with E-state index in [1.807, 2.05) is 0 Å². The molecule has 4 nitrogen and oxygen atoms in total. The minimum absolute atomic E-state index is 0.0360. The third kappa shape index (κ3) is 6.45. The summed E-state index contributed by atoms with van der Waals surface area (Å²) in [5.41, 5.74) is 0.459. The molecular weight excluding hydrogens is 307 g/mol. The molecule has 0 aliphatic heterocycles. The SMILES string of the molecule is CN(CCC(F)(F)F)CC(O)c1ccc(S(C)(=O)=O)cc1. The first-order chi connectivity index (χ1) is 9.49. The number of aliphatic hydroxyl groups is 1. The number of alkyl halides is 3. The molecule has 0 heterocycles. The van der Waals surface area contributed by atoms with E-state index in [4.69, 9.17) is 0 Å². The van der Waals surface area contributed by atoms with E-state index in [1.165, 1.54) is 36.2 Å². The fourth-order valence-electron chi connectivity index (χ4n) is 1.75. The summed E-state index contributed by atoms with van der Waals surface area (Å²) in [6.07, 6.45) is -5.07. The Labute approximate surface area is 122 Å². The van der Waals surface area contributed by atoms with Gasteiger partial charge in [0.15, 0.2) is 9.84 Å². The molecular formula is C13H18F3NO3S. The Kier molecular flexibility index (Phi) is 5.77. The molecule has 0 bridgehead atoms. The molecule has 8 heteroatoms. The van der Waals surface area contributed by atoms with Gasteiger partial charge in [0.25, 0.3) is 0 Å². The van der Waals surface area contributed by atoms with Gasteiger partial charge in [-0.3, -0.25) is 0 Å². The van der Waals surface area contributed by atoms with Crippen molar-refractivity contribution in [3.63, 3.8) is 0 Å². The highest BCUT2D eigenvalue weighted by Gasteiger charge is 2.27. The molecule has 0 amide bonds. The molecule has 0 aromatic heterocycles. The second-order valence-corrected chi connectivity index (χ2v) is 7.00. The normalized spacial score (nSPS) is 14.4. The number of hydrogen-bond acceptors (Lipinski definition) is 4. The van der Waals surface area contributed by atoms with Crippen LogP contribution in [0, 0.1) is 0 Å². The van der Waals surface area contributed by atoms with Crippen LogP contribution in [0.4, 0.5) is 13.2 Å². The number of hydrogen-bond donors (Lipinski definition) is 1. The van der Waals surface area contributed by atoms with Crippen molar-refractivity contribution in [2.75, 3.05) is 26.4 Å². The van der Waals surface area contributed by atoms with Gasteiger partial charge in [0, 0.05) is 19.3 Å². The number of benzene rings is 1. The van der Waals surface area contributed by atoms with Crippen LogP contribution in [0.2, 0.25) is 0 Å². The highest BCUT2D eigenvalue weighted by molar-refractivity contribution is 7.90. The van der Waals surface area contributed by atoms with Crippen molar-refractivity contribution in [2.24, 2.45) is 0 Å². The van der Waals surface area contributed by atoms with Gasteiger partial charge >= 0.3 is 6.18 Å². The van der Waals surface area contributed by atoms with Crippen LogP contribution in [0.3, 0.4) is 0 Å². The second-order valence-electron chi connectivity index (χ2n) is 4.98. The van der Waals surface area contributed by atoms with Crippen molar-refractivity contribution >= 4 is 9.84 Å². The first kappa shape index (κ1) is 17.9. The Hall–Kier alpha value is -1.12. The van der Waals surface area contributed by atoms with Gasteiger partial charge < -0.3 is 10.0 Å². The van der Waals surface area contributed by atoms with Crippen LogP contribution in [0.25, 0.3) is 0 Å². The molecule has 1 unspecified atom stereocenters. The molecule has 0 saturated carbocycles. The lowest BCUT2D eigenvalue weighted by molar-refractivity contribution is -0.137. The minimum Gasteiger partial charge on any atom is -0.387 e. The van der Waals surface area contributed by atoms with Crippen LogP contribution >= 0.6 is 0 Å². The van der Waals surface area contributed by atoms with E-state index in [9.17, 15) is 26.7 Å². The zero-order valence-corrected chi connectivity index (χ0v) is 12.6. The fourth-order valence-corrected chi connectivity index (χ4v) is 2.38. The van der Waals surface area contributed by atoms with Crippen molar-refractivity contribution in [1.29, 1.82) is 0 Å². The Morgan fingerprint density at radius 1 is 1.24 bits per heavy atom. The monoisotopic (exact) mass is 325 g/mol. The van der Waals surface area contributed by atoms with Gasteiger partial charge in [-0.05, 0) is 24.7 Å². The molecule has 0 aliphatic rings. The topological polar surface area (TPSA) is 57.6 Å². The zero-order chi connectivity index (χ0) is 16.3. The first-order valence-electron chi connectivity index (χ1n) is 6.22. The maximum atomic E-state index is 12.1. The van der Waals surface area contributed by atoms with Gasteiger partial charge in [-0.25, -0.2) is 8.42 Å². The molecule has 0 spiro atoms. The van der Waals surface area contributed by atoms with Crippen molar-refractivity contribution in [3.8, 4) is 0 Å². The molecule has 1 aromatic carbocycles. The standard InChI is InChI=1S/C13H18F3NO3S/c1-17(8-7-13(14,15)16)9-12(18)10-3-5-11(6-4-10)21(2,19)20/h3-6,12,18H,7-9H2,1-2H3. The lowest BCUT2D eigenvalue weighted by Gasteiger charge is -2.21. The Morgan fingerprint density at radius 2 is 1.76 bits per heavy atom. The molecule has 1 aromatic rings. The van der Waals surface area contributed by atoms with E-state index in [0.29, 0.717) is 5.56 Å². The third-order valence-electron chi connectivity index (χ3n) is 2.95. The van der Waals surface area contributed by atoms with Gasteiger partial charge in [-0.2, -0.15) is 13.2 Å². The summed E-state index contributed by atoms with van der Waals surface area (Å²) in [4.78, 5) is 1.51. The summed E-state index contributed by atoms with van der Waals surface area (Å²) in [5.74, 6) is 0. The second kappa shape index (κ2) is 6.76. The Morgan fingerprint density at radius 3 is 2.19 bits per heavy atom. The van der Waals surface area contributed by atoms with Crippen LogP contribution in [-0.2, 0) is 9.84 Å².